The fraction of sp³-hybridized carbons (Fsp3) is 0.278. The highest BCUT2D eigenvalue weighted by Crippen LogP contribution is 2.32. The third kappa shape index (κ3) is 5.62. The summed E-state index contributed by atoms with van der Waals surface area (Å²) in [5.74, 6) is -1.21. The minimum atomic E-state index is -4.58. The second-order valence-corrected chi connectivity index (χ2v) is 6.12. The molecule has 0 aliphatic carbocycles. The monoisotopic (exact) mass is 407 g/mol. The molecule has 0 saturated carbocycles. The van der Waals surface area contributed by atoms with Crippen LogP contribution in [0.2, 0.25) is 0 Å². The molecule has 0 saturated heterocycles. The van der Waals surface area contributed by atoms with Gasteiger partial charge >= 0.3 is 12.4 Å². The first-order chi connectivity index (χ1) is 12.8. The number of ether oxygens (including phenoxy) is 1. The Morgan fingerprint density at radius 2 is 1.54 bits per heavy atom. The molecule has 0 bridgehead atoms. The van der Waals surface area contributed by atoms with Crippen molar-refractivity contribution in [1.29, 1.82) is 0 Å². The molecule has 0 aromatic heterocycles. The fourth-order valence-electron chi connectivity index (χ4n) is 2.06. The lowest BCUT2D eigenvalue weighted by Crippen LogP contribution is -2.45. The number of hydrogen-bond donors (Lipinski definition) is 2. The largest absolute Gasteiger partial charge is 0.490 e. The van der Waals surface area contributed by atoms with E-state index in [1.165, 1.54) is 6.07 Å². The Balaban J connectivity index is 2.01. The molecule has 10 heteroatoms. The van der Waals surface area contributed by atoms with Crippen LogP contribution in [-0.4, -0.2) is 23.2 Å². The Labute approximate surface area is 155 Å². The molecule has 2 N–H and O–H groups in total. The second kappa shape index (κ2) is 7.70. The van der Waals surface area contributed by atoms with E-state index >= 15 is 0 Å². The summed E-state index contributed by atoms with van der Waals surface area (Å²) in [6, 6.07) is 7.39. The van der Waals surface area contributed by atoms with Gasteiger partial charge in [0.2, 0.25) is 0 Å². The molecule has 4 nitrogen and oxygen atoms in total. The minimum Gasteiger partial charge on any atom is -0.490 e. The molecule has 0 spiro atoms. The van der Waals surface area contributed by atoms with Crippen LogP contribution in [-0.2, 0) is 17.1 Å². The number of benzene rings is 2. The predicted molar refractivity (Wildman–Crippen MR) is 87.6 cm³/mol. The standard InChI is InChI=1S/C18H15F6NO3/c1-16(27,10-28-14-4-2-3-12(9-14)18(22,23)24)15(26)25-13-7-5-11(6-8-13)17(19,20)21/h2-9,27H,10H2,1H3,(H,25,26). The number of alkyl halides is 6. The summed E-state index contributed by atoms with van der Waals surface area (Å²) in [6.07, 6.45) is -9.12. The molecule has 0 aliphatic rings. The Morgan fingerprint density at radius 1 is 0.964 bits per heavy atom. The van der Waals surface area contributed by atoms with E-state index in [9.17, 15) is 36.2 Å². The minimum absolute atomic E-state index is 0.00246. The van der Waals surface area contributed by atoms with Crippen LogP contribution < -0.4 is 10.1 Å². The van der Waals surface area contributed by atoms with Crippen molar-refractivity contribution in [3.63, 3.8) is 0 Å². The number of aliphatic hydroxyl groups is 1. The third-order valence-electron chi connectivity index (χ3n) is 3.64. The maximum absolute atomic E-state index is 12.7. The van der Waals surface area contributed by atoms with Crippen molar-refractivity contribution in [2.75, 3.05) is 11.9 Å². The van der Waals surface area contributed by atoms with Crippen LogP contribution in [0.4, 0.5) is 32.0 Å². The summed E-state index contributed by atoms with van der Waals surface area (Å²) in [5, 5.41) is 12.4. The van der Waals surface area contributed by atoms with Gasteiger partial charge in [-0.2, -0.15) is 26.3 Å². The number of hydrogen-bond acceptors (Lipinski definition) is 3. The first-order valence-corrected chi connectivity index (χ1v) is 7.80. The molecule has 2 rings (SSSR count). The van der Waals surface area contributed by atoms with Gasteiger partial charge in [0.05, 0.1) is 11.1 Å². The van der Waals surface area contributed by atoms with Crippen molar-refractivity contribution in [3.05, 3.63) is 59.7 Å². The predicted octanol–water partition coefficient (Wildman–Crippen LogP) is 4.49. The van der Waals surface area contributed by atoms with E-state index in [1.807, 2.05) is 0 Å². The summed E-state index contributed by atoms with van der Waals surface area (Å²) in [6.45, 7) is 0.376. The van der Waals surface area contributed by atoms with Gasteiger partial charge in [-0.25, -0.2) is 0 Å². The van der Waals surface area contributed by atoms with Crippen LogP contribution in [0.25, 0.3) is 0 Å². The van der Waals surface area contributed by atoms with E-state index in [1.54, 1.807) is 0 Å². The van der Waals surface area contributed by atoms with E-state index in [4.69, 9.17) is 4.74 Å². The lowest BCUT2D eigenvalue weighted by Gasteiger charge is -2.23. The van der Waals surface area contributed by atoms with Gasteiger partial charge in [-0.15, -0.1) is 0 Å². The first kappa shape index (κ1) is 21.5. The molecule has 2 aromatic rings. The topological polar surface area (TPSA) is 58.6 Å². The van der Waals surface area contributed by atoms with Gasteiger partial charge in [-0.3, -0.25) is 4.79 Å². The number of halogens is 6. The number of carbonyl (C=O) groups excluding carboxylic acids is 1. The SMILES string of the molecule is CC(O)(COc1cccc(C(F)(F)F)c1)C(=O)Nc1ccc(C(F)(F)F)cc1. The van der Waals surface area contributed by atoms with Gasteiger partial charge in [0.1, 0.15) is 12.4 Å². The van der Waals surface area contributed by atoms with Gasteiger partial charge in [0, 0.05) is 5.69 Å². The van der Waals surface area contributed by atoms with Crippen LogP contribution in [0.3, 0.4) is 0 Å². The summed E-state index contributed by atoms with van der Waals surface area (Å²) < 4.78 is 80.7. The molecule has 0 heterocycles. The zero-order chi connectivity index (χ0) is 21.2. The molecule has 2 aromatic carbocycles. The van der Waals surface area contributed by atoms with E-state index in [0.717, 1.165) is 43.3 Å². The van der Waals surface area contributed by atoms with Gasteiger partial charge in [0.25, 0.3) is 5.91 Å². The van der Waals surface area contributed by atoms with Gasteiger partial charge in [-0.05, 0) is 49.4 Å². The number of amides is 1. The van der Waals surface area contributed by atoms with Crippen LogP contribution in [0.15, 0.2) is 48.5 Å². The number of nitrogens with one attached hydrogen (secondary N) is 1. The maximum Gasteiger partial charge on any atom is 0.416 e. The Kier molecular flexibility index (Phi) is 5.93. The average Bonchev–Trinajstić information content (AvgIpc) is 2.59. The van der Waals surface area contributed by atoms with E-state index in [2.05, 4.69) is 5.32 Å². The molecule has 1 atom stereocenters. The molecular formula is C18H15F6NO3. The van der Waals surface area contributed by atoms with E-state index in [-0.39, 0.29) is 11.4 Å². The van der Waals surface area contributed by atoms with Gasteiger partial charge in [0.15, 0.2) is 5.60 Å². The van der Waals surface area contributed by atoms with Crippen molar-refractivity contribution in [2.45, 2.75) is 24.9 Å². The van der Waals surface area contributed by atoms with E-state index in [0.29, 0.717) is 6.07 Å². The highest BCUT2D eigenvalue weighted by molar-refractivity contribution is 5.96. The Morgan fingerprint density at radius 3 is 2.07 bits per heavy atom. The quantitative estimate of drug-likeness (QED) is 0.718. The van der Waals surface area contributed by atoms with Crippen molar-refractivity contribution in [1.82, 2.24) is 0 Å². The zero-order valence-electron chi connectivity index (χ0n) is 14.4. The summed E-state index contributed by atoms with van der Waals surface area (Å²) in [5.41, 5.74) is -4.03. The Bertz CT molecular complexity index is 828. The average molecular weight is 407 g/mol. The van der Waals surface area contributed by atoms with Crippen molar-refractivity contribution >= 4 is 11.6 Å². The normalized spacial score (nSPS) is 14.3. The van der Waals surface area contributed by atoms with Crippen LogP contribution in [0.5, 0.6) is 5.75 Å². The summed E-state index contributed by atoms with van der Waals surface area (Å²) in [7, 11) is 0. The maximum atomic E-state index is 12.7. The molecule has 1 amide bonds. The zero-order valence-corrected chi connectivity index (χ0v) is 14.4. The third-order valence-corrected chi connectivity index (χ3v) is 3.64. The molecule has 0 radical (unpaired) electrons. The summed E-state index contributed by atoms with van der Waals surface area (Å²) in [4.78, 5) is 12.1. The fourth-order valence-corrected chi connectivity index (χ4v) is 2.06. The van der Waals surface area contributed by atoms with Gasteiger partial charge < -0.3 is 15.2 Å². The van der Waals surface area contributed by atoms with Crippen molar-refractivity contribution in [3.8, 4) is 5.75 Å². The molecular weight excluding hydrogens is 392 g/mol. The summed E-state index contributed by atoms with van der Waals surface area (Å²) >= 11 is 0. The molecule has 1 unspecified atom stereocenters. The highest BCUT2D eigenvalue weighted by atomic mass is 19.4. The van der Waals surface area contributed by atoms with Crippen LogP contribution >= 0.6 is 0 Å². The van der Waals surface area contributed by atoms with Crippen molar-refractivity contribution in [2.24, 2.45) is 0 Å². The van der Waals surface area contributed by atoms with E-state index < -0.39 is 41.6 Å². The van der Waals surface area contributed by atoms with Gasteiger partial charge in [-0.1, -0.05) is 6.07 Å². The number of carbonyl (C=O) groups is 1. The lowest BCUT2D eigenvalue weighted by molar-refractivity contribution is -0.138. The Hall–Kier alpha value is -2.75. The number of anilines is 1. The smallest absolute Gasteiger partial charge is 0.416 e. The second-order valence-electron chi connectivity index (χ2n) is 6.12. The molecule has 152 valence electrons. The lowest BCUT2D eigenvalue weighted by atomic mass is 10.1. The highest BCUT2D eigenvalue weighted by Gasteiger charge is 2.34. The van der Waals surface area contributed by atoms with Crippen LogP contribution in [0, 0.1) is 0 Å². The van der Waals surface area contributed by atoms with Crippen LogP contribution in [0.1, 0.15) is 18.1 Å². The van der Waals surface area contributed by atoms with Crippen molar-refractivity contribution < 1.29 is 41.0 Å². The first-order valence-electron chi connectivity index (χ1n) is 7.80. The molecule has 0 aliphatic heterocycles. The number of rotatable bonds is 5. The molecule has 0 fully saturated rings. The molecule has 28 heavy (non-hydrogen) atoms.